The highest BCUT2D eigenvalue weighted by Gasteiger charge is 2.08. The van der Waals surface area contributed by atoms with Crippen molar-refractivity contribution >= 4 is 22.5 Å². The average Bonchev–Trinajstić information content (AvgIpc) is 2.83. The number of fused-ring (bicyclic) bond motifs is 1. The Balaban J connectivity index is 1.76. The molecule has 0 fully saturated rings. The number of hydrogen-bond donors (Lipinski definition) is 2. The number of nitrogens with one attached hydrogen (secondary N) is 2. The molecule has 1 aromatic heterocycles. The molecule has 94 valence electrons. The van der Waals surface area contributed by atoms with Crippen LogP contribution in [0.25, 0.3) is 10.9 Å². The SMILES string of the molecule is O=C(Cc1c[nH]c2ccccc12)Nc1ccccc1. The number of anilines is 1. The van der Waals surface area contributed by atoms with Crippen LogP contribution in [0.1, 0.15) is 5.56 Å². The minimum absolute atomic E-state index is 0.00375. The van der Waals surface area contributed by atoms with Crippen molar-refractivity contribution in [1.29, 1.82) is 0 Å². The molecule has 3 aromatic rings. The summed E-state index contributed by atoms with van der Waals surface area (Å²) in [5.41, 5.74) is 2.90. The van der Waals surface area contributed by atoms with Crippen LogP contribution >= 0.6 is 0 Å². The summed E-state index contributed by atoms with van der Waals surface area (Å²) in [5.74, 6) is -0.00375. The Morgan fingerprint density at radius 3 is 2.58 bits per heavy atom. The number of aromatic amines is 1. The van der Waals surface area contributed by atoms with Crippen LogP contribution in [0.5, 0.6) is 0 Å². The number of para-hydroxylation sites is 2. The molecule has 0 aliphatic heterocycles. The van der Waals surface area contributed by atoms with E-state index >= 15 is 0 Å². The van der Waals surface area contributed by atoms with Gasteiger partial charge in [-0.3, -0.25) is 4.79 Å². The predicted molar refractivity (Wildman–Crippen MR) is 77.1 cm³/mol. The smallest absolute Gasteiger partial charge is 0.228 e. The number of rotatable bonds is 3. The molecule has 0 aliphatic rings. The molecule has 3 heteroatoms. The van der Waals surface area contributed by atoms with Gasteiger partial charge in [-0.05, 0) is 23.8 Å². The molecule has 3 rings (SSSR count). The molecule has 0 aliphatic carbocycles. The molecule has 0 atom stereocenters. The normalized spacial score (nSPS) is 10.5. The van der Waals surface area contributed by atoms with Crippen molar-refractivity contribution in [3.8, 4) is 0 Å². The maximum Gasteiger partial charge on any atom is 0.228 e. The van der Waals surface area contributed by atoms with Crippen molar-refractivity contribution in [3.63, 3.8) is 0 Å². The first-order chi connectivity index (χ1) is 9.33. The van der Waals surface area contributed by atoms with Crippen LogP contribution in [-0.2, 0) is 11.2 Å². The van der Waals surface area contributed by atoms with Crippen molar-refractivity contribution < 1.29 is 4.79 Å². The molecule has 1 amide bonds. The molecule has 0 saturated carbocycles. The number of amides is 1. The topological polar surface area (TPSA) is 44.9 Å². The van der Waals surface area contributed by atoms with Crippen LogP contribution in [-0.4, -0.2) is 10.9 Å². The fraction of sp³-hybridized carbons (Fsp3) is 0.0625. The molecule has 0 radical (unpaired) electrons. The number of carbonyl (C=O) groups excluding carboxylic acids is 1. The zero-order valence-corrected chi connectivity index (χ0v) is 10.4. The van der Waals surface area contributed by atoms with Gasteiger partial charge in [0.05, 0.1) is 6.42 Å². The Hall–Kier alpha value is -2.55. The first kappa shape index (κ1) is 11.5. The fourth-order valence-electron chi connectivity index (χ4n) is 2.18. The number of H-pyrrole nitrogens is 1. The minimum atomic E-state index is -0.00375. The summed E-state index contributed by atoms with van der Waals surface area (Å²) in [6, 6.07) is 17.5. The van der Waals surface area contributed by atoms with Gasteiger partial charge in [-0.1, -0.05) is 36.4 Å². The van der Waals surface area contributed by atoms with Crippen LogP contribution in [0.2, 0.25) is 0 Å². The molecule has 0 unspecified atom stereocenters. The van der Waals surface area contributed by atoms with E-state index in [1.807, 2.05) is 60.8 Å². The lowest BCUT2D eigenvalue weighted by Crippen LogP contribution is -2.13. The van der Waals surface area contributed by atoms with Crippen LogP contribution in [0.3, 0.4) is 0 Å². The van der Waals surface area contributed by atoms with Gasteiger partial charge in [0.25, 0.3) is 0 Å². The van der Waals surface area contributed by atoms with E-state index in [1.165, 1.54) is 0 Å². The van der Waals surface area contributed by atoms with Gasteiger partial charge in [0, 0.05) is 22.8 Å². The average molecular weight is 250 g/mol. The summed E-state index contributed by atoms with van der Waals surface area (Å²) in [6.45, 7) is 0. The second kappa shape index (κ2) is 4.98. The summed E-state index contributed by atoms with van der Waals surface area (Å²) in [6.07, 6.45) is 2.27. The first-order valence-corrected chi connectivity index (χ1v) is 6.23. The number of aromatic nitrogens is 1. The van der Waals surface area contributed by atoms with E-state index < -0.39 is 0 Å². The van der Waals surface area contributed by atoms with Crippen LogP contribution in [0.4, 0.5) is 5.69 Å². The molecule has 3 nitrogen and oxygen atoms in total. The largest absolute Gasteiger partial charge is 0.361 e. The van der Waals surface area contributed by atoms with Gasteiger partial charge in [-0.15, -0.1) is 0 Å². The summed E-state index contributed by atoms with van der Waals surface area (Å²) in [4.78, 5) is 15.2. The van der Waals surface area contributed by atoms with Gasteiger partial charge in [0.15, 0.2) is 0 Å². The Morgan fingerprint density at radius 1 is 1.00 bits per heavy atom. The monoisotopic (exact) mass is 250 g/mol. The molecule has 2 N–H and O–H groups in total. The van der Waals surface area contributed by atoms with E-state index in [4.69, 9.17) is 0 Å². The third-order valence-electron chi connectivity index (χ3n) is 3.08. The van der Waals surface area contributed by atoms with Crippen molar-refractivity contribution in [1.82, 2.24) is 4.98 Å². The third kappa shape index (κ3) is 2.50. The quantitative estimate of drug-likeness (QED) is 0.735. The van der Waals surface area contributed by atoms with Crippen molar-refractivity contribution in [3.05, 3.63) is 66.4 Å². The lowest BCUT2D eigenvalue weighted by atomic mass is 10.1. The molecule has 0 spiro atoms. The molecule has 2 aromatic carbocycles. The van der Waals surface area contributed by atoms with Gasteiger partial charge < -0.3 is 10.3 Å². The second-order valence-electron chi connectivity index (χ2n) is 4.45. The zero-order chi connectivity index (χ0) is 13.1. The summed E-state index contributed by atoms with van der Waals surface area (Å²) in [7, 11) is 0. The van der Waals surface area contributed by atoms with Gasteiger partial charge in [0.2, 0.25) is 5.91 Å². The number of hydrogen-bond acceptors (Lipinski definition) is 1. The van der Waals surface area contributed by atoms with E-state index in [1.54, 1.807) is 0 Å². The van der Waals surface area contributed by atoms with E-state index in [-0.39, 0.29) is 5.91 Å². The van der Waals surface area contributed by atoms with Crippen LogP contribution in [0.15, 0.2) is 60.8 Å². The van der Waals surface area contributed by atoms with Gasteiger partial charge in [-0.25, -0.2) is 0 Å². The van der Waals surface area contributed by atoms with Crippen molar-refractivity contribution in [2.75, 3.05) is 5.32 Å². The van der Waals surface area contributed by atoms with E-state index in [2.05, 4.69) is 10.3 Å². The molecular formula is C16H14N2O. The third-order valence-corrected chi connectivity index (χ3v) is 3.08. The molecular weight excluding hydrogens is 236 g/mol. The van der Waals surface area contributed by atoms with E-state index in [0.29, 0.717) is 6.42 Å². The Labute approximate surface area is 111 Å². The highest BCUT2D eigenvalue weighted by atomic mass is 16.1. The molecule has 1 heterocycles. The van der Waals surface area contributed by atoms with Gasteiger partial charge in [0.1, 0.15) is 0 Å². The standard InChI is InChI=1S/C16H14N2O/c19-16(18-13-6-2-1-3-7-13)10-12-11-17-15-9-5-4-8-14(12)15/h1-9,11,17H,10H2,(H,18,19). The summed E-state index contributed by atoms with van der Waals surface area (Å²) in [5, 5.41) is 3.99. The molecule has 0 bridgehead atoms. The summed E-state index contributed by atoms with van der Waals surface area (Å²) < 4.78 is 0. The molecule has 19 heavy (non-hydrogen) atoms. The highest BCUT2D eigenvalue weighted by Crippen LogP contribution is 2.18. The van der Waals surface area contributed by atoms with Gasteiger partial charge in [-0.2, -0.15) is 0 Å². The second-order valence-corrected chi connectivity index (χ2v) is 4.45. The lowest BCUT2D eigenvalue weighted by Gasteiger charge is -2.04. The highest BCUT2D eigenvalue weighted by molar-refractivity contribution is 5.95. The summed E-state index contributed by atoms with van der Waals surface area (Å²) >= 11 is 0. The molecule has 0 saturated heterocycles. The Bertz CT molecular complexity index is 701. The van der Waals surface area contributed by atoms with E-state index in [9.17, 15) is 4.79 Å². The number of carbonyl (C=O) groups is 1. The fourth-order valence-corrected chi connectivity index (χ4v) is 2.18. The zero-order valence-electron chi connectivity index (χ0n) is 10.4. The lowest BCUT2D eigenvalue weighted by molar-refractivity contribution is -0.115. The predicted octanol–water partition coefficient (Wildman–Crippen LogP) is 3.35. The van der Waals surface area contributed by atoms with E-state index in [0.717, 1.165) is 22.2 Å². The van der Waals surface area contributed by atoms with Crippen LogP contribution in [0, 0.1) is 0 Å². The number of benzene rings is 2. The van der Waals surface area contributed by atoms with Gasteiger partial charge >= 0.3 is 0 Å². The minimum Gasteiger partial charge on any atom is -0.361 e. The van der Waals surface area contributed by atoms with Crippen LogP contribution < -0.4 is 5.32 Å². The van der Waals surface area contributed by atoms with Crippen molar-refractivity contribution in [2.24, 2.45) is 0 Å². The maximum absolute atomic E-state index is 12.0. The Kier molecular flexibility index (Phi) is 3.02. The van der Waals surface area contributed by atoms with Crippen molar-refractivity contribution in [2.45, 2.75) is 6.42 Å². The first-order valence-electron chi connectivity index (χ1n) is 6.23. The Morgan fingerprint density at radius 2 is 1.74 bits per heavy atom. The maximum atomic E-state index is 12.0.